The van der Waals surface area contributed by atoms with Crippen LogP contribution in [0.4, 0.5) is 0 Å². The monoisotopic (exact) mass is 179 g/mol. The molecule has 0 atom stereocenters. The van der Waals surface area contributed by atoms with Crippen LogP contribution in [-0.2, 0) is 4.74 Å². The number of allylic oxidation sites excluding steroid dienone is 2. The van der Waals surface area contributed by atoms with Gasteiger partial charge in [-0.3, -0.25) is 4.90 Å². The molecule has 0 aromatic rings. The van der Waals surface area contributed by atoms with Crippen molar-refractivity contribution >= 4 is 0 Å². The number of ether oxygens (including phenoxy) is 1. The van der Waals surface area contributed by atoms with Gasteiger partial charge in [-0.2, -0.15) is 0 Å². The van der Waals surface area contributed by atoms with Gasteiger partial charge in [-0.1, -0.05) is 31.4 Å². The van der Waals surface area contributed by atoms with E-state index in [1.54, 1.807) is 6.08 Å². The molecule has 0 N–H and O–H groups in total. The van der Waals surface area contributed by atoms with Gasteiger partial charge >= 0.3 is 0 Å². The molecule has 0 aromatic carbocycles. The molecule has 13 heavy (non-hydrogen) atoms. The molecule has 1 fully saturated rings. The van der Waals surface area contributed by atoms with E-state index in [1.807, 2.05) is 12.2 Å². The van der Waals surface area contributed by atoms with Crippen LogP contribution in [0.5, 0.6) is 0 Å². The standard InChI is InChI=1S/C11H17NO/c1-3-5-11(4-2)10-12-6-8-13-9-7-12/h3-5H,1-2,6-10H2/b11-5+. The molecule has 0 aliphatic carbocycles. The van der Waals surface area contributed by atoms with Crippen LogP contribution in [0.1, 0.15) is 0 Å². The van der Waals surface area contributed by atoms with E-state index in [0.29, 0.717) is 0 Å². The summed E-state index contributed by atoms with van der Waals surface area (Å²) in [7, 11) is 0. The third-order valence-corrected chi connectivity index (χ3v) is 2.10. The predicted molar refractivity (Wildman–Crippen MR) is 55.7 cm³/mol. The Labute approximate surface area is 80.2 Å². The topological polar surface area (TPSA) is 12.5 Å². The minimum Gasteiger partial charge on any atom is -0.379 e. The van der Waals surface area contributed by atoms with Crippen LogP contribution in [0.3, 0.4) is 0 Å². The maximum absolute atomic E-state index is 5.27. The zero-order valence-electron chi connectivity index (χ0n) is 8.04. The normalized spacial score (nSPS) is 19.8. The molecule has 0 bridgehead atoms. The maximum Gasteiger partial charge on any atom is 0.0594 e. The Morgan fingerprint density at radius 3 is 2.54 bits per heavy atom. The van der Waals surface area contributed by atoms with Crippen molar-refractivity contribution in [3.8, 4) is 0 Å². The van der Waals surface area contributed by atoms with E-state index < -0.39 is 0 Å². The summed E-state index contributed by atoms with van der Waals surface area (Å²) >= 11 is 0. The Hall–Kier alpha value is -0.860. The molecule has 1 saturated heterocycles. The Morgan fingerprint density at radius 1 is 1.31 bits per heavy atom. The quantitative estimate of drug-likeness (QED) is 0.608. The van der Waals surface area contributed by atoms with Crippen LogP contribution in [-0.4, -0.2) is 37.7 Å². The van der Waals surface area contributed by atoms with Gasteiger partial charge in [0.1, 0.15) is 0 Å². The lowest BCUT2D eigenvalue weighted by Gasteiger charge is -2.26. The maximum atomic E-state index is 5.27. The molecule has 0 spiro atoms. The van der Waals surface area contributed by atoms with Crippen LogP contribution < -0.4 is 0 Å². The van der Waals surface area contributed by atoms with Crippen molar-refractivity contribution in [2.24, 2.45) is 0 Å². The molecule has 1 heterocycles. The molecule has 2 nitrogen and oxygen atoms in total. The van der Waals surface area contributed by atoms with Crippen LogP contribution >= 0.6 is 0 Å². The Bertz CT molecular complexity index is 202. The SMILES string of the molecule is C=C/C=C(\C=C)CN1CCOCC1. The summed E-state index contributed by atoms with van der Waals surface area (Å²) in [5.41, 5.74) is 1.22. The van der Waals surface area contributed by atoms with E-state index in [9.17, 15) is 0 Å². The minimum absolute atomic E-state index is 0.846. The van der Waals surface area contributed by atoms with E-state index in [4.69, 9.17) is 4.74 Å². The lowest BCUT2D eigenvalue weighted by atomic mass is 10.2. The summed E-state index contributed by atoms with van der Waals surface area (Å²) in [6.45, 7) is 12.1. The number of hydrogen-bond donors (Lipinski definition) is 0. The zero-order chi connectivity index (χ0) is 9.52. The number of morpholine rings is 1. The molecule has 1 aliphatic rings. The third kappa shape index (κ3) is 3.57. The van der Waals surface area contributed by atoms with Gasteiger partial charge in [0, 0.05) is 19.6 Å². The first kappa shape index (κ1) is 10.2. The van der Waals surface area contributed by atoms with Gasteiger partial charge in [0.2, 0.25) is 0 Å². The van der Waals surface area contributed by atoms with Gasteiger partial charge in [0.05, 0.1) is 13.2 Å². The van der Waals surface area contributed by atoms with Crippen molar-refractivity contribution in [2.75, 3.05) is 32.8 Å². The molecular weight excluding hydrogens is 162 g/mol. The highest BCUT2D eigenvalue weighted by Gasteiger charge is 2.09. The average molecular weight is 179 g/mol. The molecule has 0 amide bonds. The fraction of sp³-hybridized carbons (Fsp3) is 0.455. The predicted octanol–water partition coefficient (Wildman–Crippen LogP) is 1.62. The minimum atomic E-state index is 0.846. The fourth-order valence-corrected chi connectivity index (χ4v) is 1.35. The molecular formula is C11H17NO. The van der Waals surface area contributed by atoms with Crippen molar-refractivity contribution < 1.29 is 4.74 Å². The summed E-state index contributed by atoms with van der Waals surface area (Å²) in [5, 5.41) is 0. The van der Waals surface area contributed by atoms with Crippen molar-refractivity contribution in [3.05, 3.63) is 37.0 Å². The highest BCUT2D eigenvalue weighted by Crippen LogP contribution is 2.03. The van der Waals surface area contributed by atoms with Crippen LogP contribution in [0, 0.1) is 0 Å². The summed E-state index contributed by atoms with van der Waals surface area (Å²) in [4.78, 5) is 2.36. The summed E-state index contributed by atoms with van der Waals surface area (Å²) < 4.78 is 5.27. The van der Waals surface area contributed by atoms with Crippen LogP contribution in [0.2, 0.25) is 0 Å². The highest BCUT2D eigenvalue weighted by molar-refractivity contribution is 5.22. The van der Waals surface area contributed by atoms with Crippen LogP contribution in [0.15, 0.2) is 37.0 Å². The highest BCUT2D eigenvalue weighted by atomic mass is 16.5. The third-order valence-electron chi connectivity index (χ3n) is 2.10. The van der Waals surface area contributed by atoms with E-state index in [2.05, 4.69) is 18.1 Å². The largest absolute Gasteiger partial charge is 0.379 e. The fourth-order valence-electron chi connectivity index (χ4n) is 1.35. The van der Waals surface area contributed by atoms with Crippen molar-refractivity contribution in [3.63, 3.8) is 0 Å². The summed E-state index contributed by atoms with van der Waals surface area (Å²) in [6.07, 6.45) is 5.69. The Morgan fingerprint density at radius 2 is 2.00 bits per heavy atom. The number of nitrogens with zero attached hydrogens (tertiary/aromatic N) is 1. The van der Waals surface area contributed by atoms with E-state index in [1.165, 1.54) is 5.57 Å². The number of hydrogen-bond acceptors (Lipinski definition) is 2. The number of rotatable bonds is 4. The van der Waals surface area contributed by atoms with Gasteiger partial charge in [0.15, 0.2) is 0 Å². The van der Waals surface area contributed by atoms with Gasteiger partial charge in [-0.15, -0.1) is 0 Å². The average Bonchev–Trinajstić information content (AvgIpc) is 2.19. The first-order valence-electron chi connectivity index (χ1n) is 4.61. The van der Waals surface area contributed by atoms with Crippen LogP contribution in [0.25, 0.3) is 0 Å². The lowest BCUT2D eigenvalue weighted by molar-refractivity contribution is 0.0426. The van der Waals surface area contributed by atoms with Crippen molar-refractivity contribution in [1.82, 2.24) is 4.90 Å². The summed E-state index contributed by atoms with van der Waals surface area (Å²) in [5.74, 6) is 0. The molecule has 0 saturated carbocycles. The molecule has 0 aromatic heterocycles. The van der Waals surface area contributed by atoms with Crippen molar-refractivity contribution in [1.29, 1.82) is 0 Å². The second kappa shape index (κ2) is 5.73. The second-order valence-electron chi connectivity index (χ2n) is 3.07. The van der Waals surface area contributed by atoms with E-state index in [-0.39, 0.29) is 0 Å². The smallest absolute Gasteiger partial charge is 0.0594 e. The molecule has 1 rings (SSSR count). The van der Waals surface area contributed by atoms with Gasteiger partial charge < -0.3 is 4.74 Å². The molecule has 72 valence electrons. The van der Waals surface area contributed by atoms with Crippen molar-refractivity contribution in [2.45, 2.75) is 0 Å². The van der Waals surface area contributed by atoms with Gasteiger partial charge in [-0.05, 0) is 5.57 Å². The molecule has 0 unspecified atom stereocenters. The Kier molecular flexibility index (Phi) is 4.50. The lowest BCUT2D eigenvalue weighted by Crippen LogP contribution is -2.37. The first-order valence-corrected chi connectivity index (χ1v) is 4.61. The first-order chi connectivity index (χ1) is 6.36. The van der Waals surface area contributed by atoms with E-state index in [0.717, 1.165) is 32.8 Å². The zero-order valence-corrected chi connectivity index (χ0v) is 8.04. The van der Waals surface area contributed by atoms with E-state index >= 15 is 0 Å². The van der Waals surface area contributed by atoms with Gasteiger partial charge in [-0.25, -0.2) is 0 Å². The molecule has 2 heteroatoms. The second-order valence-corrected chi connectivity index (χ2v) is 3.07. The molecule has 0 radical (unpaired) electrons. The Balaban J connectivity index is 2.40. The van der Waals surface area contributed by atoms with Gasteiger partial charge in [0.25, 0.3) is 0 Å². The summed E-state index contributed by atoms with van der Waals surface area (Å²) in [6, 6.07) is 0. The molecule has 1 aliphatic heterocycles.